The Hall–Kier alpha value is -2.37. The second kappa shape index (κ2) is 5.95. The third-order valence-corrected chi connectivity index (χ3v) is 3.45. The topological polar surface area (TPSA) is 76.9 Å². The summed E-state index contributed by atoms with van der Waals surface area (Å²) in [4.78, 5) is 37.4. The number of nitrogens with zero attached hydrogens (tertiary/aromatic N) is 2. The van der Waals surface area contributed by atoms with Crippen molar-refractivity contribution in [2.75, 3.05) is 0 Å². The highest BCUT2D eigenvalue weighted by Crippen LogP contribution is 2.09. The zero-order valence-electron chi connectivity index (χ0n) is 12.4. The predicted octanol–water partition coefficient (Wildman–Crippen LogP) is 1.08. The first-order chi connectivity index (χ1) is 9.90. The zero-order chi connectivity index (χ0) is 15.6. The van der Waals surface area contributed by atoms with E-state index in [0.717, 1.165) is 0 Å². The SMILES string of the molecule is CC(C)n1cccc(CC(C)n2ccc(=O)[nH]c2=O)c1=O. The van der Waals surface area contributed by atoms with E-state index >= 15 is 0 Å². The molecule has 0 radical (unpaired) electrons. The van der Waals surface area contributed by atoms with Gasteiger partial charge in [0.25, 0.3) is 11.1 Å². The summed E-state index contributed by atoms with van der Waals surface area (Å²) in [6, 6.07) is 4.77. The van der Waals surface area contributed by atoms with Crippen LogP contribution in [0.3, 0.4) is 0 Å². The third kappa shape index (κ3) is 3.21. The third-order valence-electron chi connectivity index (χ3n) is 3.45. The fourth-order valence-corrected chi connectivity index (χ4v) is 2.31. The summed E-state index contributed by atoms with van der Waals surface area (Å²) in [7, 11) is 0. The number of hydrogen-bond acceptors (Lipinski definition) is 3. The van der Waals surface area contributed by atoms with Gasteiger partial charge in [-0.3, -0.25) is 19.1 Å². The molecule has 21 heavy (non-hydrogen) atoms. The molecular formula is C15H19N3O3. The van der Waals surface area contributed by atoms with Crippen LogP contribution in [0.5, 0.6) is 0 Å². The number of aromatic nitrogens is 3. The molecule has 0 saturated heterocycles. The van der Waals surface area contributed by atoms with E-state index in [-0.39, 0.29) is 17.6 Å². The van der Waals surface area contributed by atoms with Gasteiger partial charge in [-0.15, -0.1) is 0 Å². The van der Waals surface area contributed by atoms with Gasteiger partial charge in [-0.05, 0) is 33.3 Å². The lowest BCUT2D eigenvalue weighted by atomic mass is 10.1. The monoisotopic (exact) mass is 289 g/mol. The molecule has 0 aliphatic carbocycles. The average Bonchev–Trinajstić information content (AvgIpc) is 2.40. The van der Waals surface area contributed by atoms with Crippen LogP contribution >= 0.6 is 0 Å². The minimum absolute atomic E-state index is 0.0446. The van der Waals surface area contributed by atoms with E-state index in [4.69, 9.17) is 0 Å². The van der Waals surface area contributed by atoms with Crippen LogP contribution < -0.4 is 16.8 Å². The second-order valence-electron chi connectivity index (χ2n) is 5.41. The van der Waals surface area contributed by atoms with E-state index in [1.54, 1.807) is 16.8 Å². The van der Waals surface area contributed by atoms with E-state index in [0.29, 0.717) is 12.0 Å². The second-order valence-corrected chi connectivity index (χ2v) is 5.41. The van der Waals surface area contributed by atoms with E-state index < -0.39 is 11.2 Å². The zero-order valence-corrected chi connectivity index (χ0v) is 12.4. The summed E-state index contributed by atoms with van der Waals surface area (Å²) in [6.07, 6.45) is 3.64. The van der Waals surface area contributed by atoms with Crippen LogP contribution in [0.4, 0.5) is 0 Å². The average molecular weight is 289 g/mol. The lowest BCUT2D eigenvalue weighted by Crippen LogP contribution is -2.32. The van der Waals surface area contributed by atoms with E-state index in [1.807, 2.05) is 26.8 Å². The van der Waals surface area contributed by atoms with E-state index in [2.05, 4.69) is 4.98 Å². The molecule has 1 unspecified atom stereocenters. The Kier molecular flexibility index (Phi) is 4.26. The summed E-state index contributed by atoms with van der Waals surface area (Å²) in [5.74, 6) is 0. The van der Waals surface area contributed by atoms with Crippen LogP contribution in [-0.2, 0) is 6.42 Å². The van der Waals surface area contributed by atoms with Crippen molar-refractivity contribution in [3.63, 3.8) is 0 Å². The molecule has 0 amide bonds. The van der Waals surface area contributed by atoms with Gasteiger partial charge in [0.15, 0.2) is 0 Å². The molecule has 1 N–H and O–H groups in total. The molecule has 0 aliphatic rings. The number of H-pyrrole nitrogens is 1. The number of pyridine rings is 1. The highest BCUT2D eigenvalue weighted by Gasteiger charge is 2.12. The first kappa shape index (κ1) is 15.0. The summed E-state index contributed by atoms with van der Waals surface area (Å²) in [5, 5.41) is 0. The summed E-state index contributed by atoms with van der Waals surface area (Å²) in [6.45, 7) is 5.73. The molecule has 6 heteroatoms. The molecular weight excluding hydrogens is 270 g/mol. The Bertz CT molecular complexity index is 799. The normalized spacial score (nSPS) is 12.6. The first-order valence-electron chi connectivity index (χ1n) is 6.91. The van der Waals surface area contributed by atoms with Crippen molar-refractivity contribution < 1.29 is 0 Å². The molecule has 2 aromatic heterocycles. The van der Waals surface area contributed by atoms with Crippen LogP contribution in [0.1, 0.15) is 38.4 Å². The standard InChI is InChI=1S/C15H19N3O3/c1-10(2)17-7-4-5-12(14(17)20)9-11(3)18-8-6-13(19)16-15(18)21/h4-8,10-11H,9H2,1-3H3,(H,16,19,21). The maximum absolute atomic E-state index is 12.3. The van der Waals surface area contributed by atoms with Crippen molar-refractivity contribution in [3.8, 4) is 0 Å². The van der Waals surface area contributed by atoms with Gasteiger partial charge in [-0.25, -0.2) is 4.79 Å². The maximum atomic E-state index is 12.3. The van der Waals surface area contributed by atoms with Crippen LogP contribution in [0.25, 0.3) is 0 Å². The number of nitrogens with one attached hydrogen (secondary N) is 1. The van der Waals surface area contributed by atoms with Crippen molar-refractivity contribution >= 4 is 0 Å². The summed E-state index contributed by atoms with van der Waals surface area (Å²) >= 11 is 0. The lowest BCUT2D eigenvalue weighted by molar-refractivity contribution is 0.504. The first-order valence-corrected chi connectivity index (χ1v) is 6.91. The van der Waals surface area contributed by atoms with E-state index in [1.165, 1.54) is 16.8 Å². The van der Waals surface area contributed by atoms with Gasteiger partial charge in [0.2, 0.25) is 0 Å². The van der Waals surface area contributed by atoms with Crippen LogP contribution in [0, 0.1) is 0 Å². The lowest BCUT2D eigenvalue weighted by Gasteiger charge is -2.16. The quantitative estimate of drug-likeness (QED) is 0.915. The van der Waals surface area contributed by atoms with Gasteiger partial charge in [0, 0.05) is 36.1 Å². The minimum Gasteiger partial charge on any atom is -0.313 e. The Labute approximate surface area is 121 Å². The Morgan fingerprint density at radius 1 is 1.05 bits per heavy atom. The Morgan fingerprint density at radius 3 is 2.38 bits per heavy atom. The maximum Gasteiger partial charge on any atom is 0.328 e. The molecule has 6 nitrogen and oxygen atoms in total. The van der Waals surface area contributed by atoms with Gasteiger partial charge < -0.3 is 4.57 Å². The van der Waals surface area contributed by atoms with Crippen molar-refractivity contribution in [1.29, 1.82) is 0 Å². The van der Waals surface area contributed by atoms with Crippen LogP contribution in [0.2, 0.25) is 0 Å². The predicted molar refractivity (Wildman–Crippen MR) is 80.8 cm³/mol. The summed E-state index contributed by atoms with van der Waals surface area (Å²) < 4.78 is 3.09. The highest BCUT2D eigenvalue weighted by molar-refractivity contribution is 5.12. The molecule has 0 fully saturated rings. The van der Waals surface area contributed by atoms with Crippen LogP contribution in [-0.4, -0.2) is 14.1 Å². The van der Waals surface area contributed by atoms with Gasteiger partial charge in [0.1, 0.15) is 0 Å². The Morgan fingerprint density at radius 2 is 1.76 bits per heavy atom. The molecule has 2 rings (SSSR count). The molecule has 2 aromatic rings. The van der Waals surface area contributed by atoms with Gasteiger partial charge in [0.05, 0.1) is 0 Å². The van der Waals surface area contributed by atoms with Crippen molar-refractivity contribution in [1.82, 2.24) is 14.1 Å². The molecule has 0 aliphatic heterocycles. The van der Waals surface area contributed by atoms with Crippen molar-refractivity contribution in [3.05, 3.63) is 67.3 Å². The Balaban J connectivity index is 2.34. The fraction of sp³-hybridized carbons (Fsp3) is 0.400. The molecule has 0 saturated carbocycles. The van der Waals surface area contributed by atoms with Crippen molar-refractivity contribution in [2.45, 2.75) is 39.3 Å². The molecule has 0 bridgehead atoms. The minimum atomic E-state index is -0.463. The van der Waals surface area contributed by atoms with Crippen LogP contribution in [0.15, 0.2) is 45.0 Å². The molecule has 0 spiro atoms. The molecule has 112 valence electrons. The molecule has 0 aromatic carbocycles. The molecule has 1 atom stereocenters. The highest BCUT2D eigenvalue weighted by atomic mass is 16.2. The van der Waals surface area contributed by atoms with E-state index in [9.17, 15) is 14.4 Å². The summed E-state index contributed by atoms with van der Waals surface area (Å²) in [5.41, 5.74) is -0.283. The smallest absolute Gasteiger partial charge is 0.313 e. The van der Waals surface area contributed by atoms with Gasteiger partial charge in [-0.2, -0.15) is 0 Å². The van der Waals surface area contributed by atoms with Crippen molar-refractivity contribution in [2.24, 2.45) is 0 Å². The van der Waals surface area contributed by atoms with Gasteiger partial charge >= 0.3 is 5.69 Å². The number of hydrogen-bond donors (Lipinski definition) is 1. The molecule has 2 heterocycles. The number of rotatable bonds is 4. The largest absolute Gasteiger partial charge is 0.328 e. The fourth-order valence-electron chi connectivity index (χ4n) is 2.31. The number of aromatic amines is 1. The van der Waals surface area contributed by atoms with Gasteiger partial charge in [-0.1, -0.05) is 6.07 Å².